The first-order chi connectivity index (χ1) is 17.3. The number of carbonyl (C=O) groups is 2. The molecule has 1 saturated carbocycles. The van der Waals surface area contributed by atoms with Crippen molar-refractivity contribution in [3.05, 3.63) is 30.0 Å². The molecular formula is C27H36F2N4O3. The van der Waals surface area contributed by atoms with Crippen LogP contribution >= 0.6 is 0 Å². The van der Waals surface area contributed by atoms with Gasteiger partial charge in [0.25, 0.3) is 12.3 Å². The van der Waals surface area contributed by atoms with Crippen molar-refractivity contribution in [2.75, 3.05) is 39.3 Å². The van der Waals surface area contributed by atoms with E-state index in [4.69, 9.17) is 4.74 Å². The number of ether oxygens (including phenoxy) is 1. The number of carbonyl (C=O) groups excluding carboxylic acids is 2. The highest BCUT2D eigenvalue weighted by Gasteiger charge is 2.35. The predicted molar refractivity (Wildman–Crippen MR) is 134 cm³/mol. The van der Waals surface area contributed by atoms with Crippen molar-refractivity contribution in [2.24, 2.45) is 5.92 Å². The van der Waals surface area contributed by atoms with Crippen molar-refractivity contribution in [1.29, 1.82) is 0 Å². The number of nitrogens with zero attached hydrogens (tertiary/aromatic N) is 4. The second-order valence-electron chi connectivity index (χ2n) is 10.6. The number of piperidine rings is 1. The lowest BCUT2D eigenvalue weighted by atomic mass is 10.1. The van der Waals surface area contributed by atoms with Crippen molar-refractivity contribution < 1.29 is 23.1 Å². The van der Waals surface area contributed by atoms with Crippen LogP contribution in [0.5, 0.6) is 5.75 Å². The Balaban J connectivity index is 1.31. The maximum atomic E-state index is 13.5. The molecule has 36 heavy (non-hydrogen) atoms. The van der Waals surface area contributed by atoms with E-state index in [-0.39, 0.29) is 29.5 Å². The Morgan fingerprint density at radius 1 is 0.944 bits per heavy atom. The number of amides is 2. The van der Waals surface area contributed by atoms with E-state index in [0.717, 1.165) is 44.2 Å². The summed E-state index contributed by atoms with van der Waals surface area (Å²) in [5.74, 6) is 0.760. The summed E-state index contributed by atoms with van der Waals surface area (Å²) in [7, 11) is 0. The fraction of sp³-hybridized carbons (Fsp3) is 0.630. The van der Waals surface area contributed by atoms with Gasteiger partial charge in [-0.1, -0.05) is 0 Å². The second kappa shape index (κ2) is 10.4. The van der Waals surface area contributed by atoms with Crippen molar-refractivity contribution in [3.8, 4) is 5.75 Å². The number of hydrogen-bond acceptors (Lipinski definition) is 4. The molecular weight excluding hydrogens is 466 g/mol. The fourth-order valence-electron chi connectivity index (χ4n) is 5.42. The third-order valence-electron chi connectivity index (χ3n) is 7.73. The number of halogens is 2. The minimum absolute atomic E-state index is 0.122. The molecule has 0 spiro atoms. The molecule has 0 bridgehead atoms. The van der Waals surface area contributed by atoms with Gasteiger partial charge in [-0.25, -0.2) is 8.78 Å². The average molecular weight is 503 g/mol. The van der Waals surface area contributed by atoms with Crippen LogP contribution in [0.2, 0.25) is 0 Å². The van der Waals surface area contributed by atoms with Gasteiger partial charge in [0.2, 0.25) is 5.91 Å². The Bertz CT molecular complexity index is 1100. The lowest BCUT2D eigenvalue weighted by molar-refractivity contribution is -0.134. The molecule has 1 aliphatic carbocycles. The summed E-state index contributed by atoms with van der Waals surface area (Å²) in [5, 5.41) is 0.721. The molecule has 0 unspecified atom stereocenters. The molecule has 2 saturated heterocycles. The first-order valence-corrected chi connectivity index (χ1v) is 13.2. The van der Waals surface area contributed by atoms with Crippen LogP contribution in [0, 0.1) is 5.92 Å². The Morgan fingerprint density at radius 2 is 1.61 bits per heavy atom. The summed E-state index contributed by atoms with van der Waals surface area (Å²) < 4.78 is 34.6. The van der Waals surface area contributed by atoms with Gasteiger partial charge in [0, 0.05) is 62.1 Å². The highest BCUT2D eigenvalue weighted by atomic mass is 19.3. The number of likely N-dealkylation sites (tertiary alicyclic amines) is 1. The van der Waals surface area contributed by atoms with E-state index in [1.807, 2.05) is 17.0 Å². The Labute approximate surface area is 210 Å². The molecule has 2 aromatic rings. The summed E-state index contributed by atoms with van der Waals surface area (Å²) in [6.07, 6.45) is 1.34. The molecule has 2 amide bonds. The monoisotopic (exact) mass is 502 g/mol. The van der Waals surface area contributed by atoms with E-state index < -0.39 is 13.0 Å². The van der Waals surface area contributed by atoms with Gasteiger partial charge in [-0.05, 0) is 63.8 Å². The maximum absolute atomic E-state index is 13.5. The molecule has 3 fully saturated rings. The van der Waals surface area contributed by atoms with Gasteiger partial charge in [0.1, 0.15) is 17.5 Å². The van der Waals surface area contributed by atoms with E-state index in [0.29, 0.717) is 43.5 Å². The summed E-state index contributed by atoms with van der Waals surface area (Å²) in [6.45, 7) is 7.65. The van der Waals surface area contributed by atoms with Crippen molar-refractivity contribution >= 4 is 22.7 Å². The van der Waals surface area contributed by atoms with Gasteiger partial charge in [0.05, 0.1) is 6.54 Å². The lowest BCUT2D eigenvalue weighted by Gasteiger charge is -2.35. The van der Waals surface area contributed by atoms with Crippen molar-refractivity contribution in [1.82, 2.24) is 19.3 Å². The molecule has 3 heterocycles. The molecule has 0 N–H and O–H groups in total. The average Bonchev–Trinajstić information content (AvgIpc) is 3.66. The van der Waals surface area contributed by atoms with Crippen molar-refractivity contribution in [2.45, 2.75) is 64.6 Å². The number of hydrogen-bond donors (Lipinski definition) is 0. The second-order valence-corrected chi connectivity index (χ2v) is 10.6. The number of rotatable bonds is 7. The molecule has 7 nitrogen and oxygen atoms in total. The fourth-order valence-corrected chi connectivity index (χ4v) is 5.42. The van der Waals surface area contributed by atoms with Crippen LogP contribution in [0.15, 0.2) is 24.3 Å². The van der Waals surface area contributed by atoms with Gasteiger partial charge in [-0.2, -0.15) is 0 Å². The first-order valence-electron chi connectivity index (χ1n) is 13.2. The van der Waals surface area contributed by atoms with Crippen LogP contribution in [-0.4, -0.2) is 88.9 Å². The highest BCUT2D eigenvalue weighted by molar-refractivity contribution is 5.99. The Morgan fingerprint density at radius 3 is 2.22 bits per heavy atom. The number of aromatic nitrogens is 1. The number of piperazine rings is 1. The molecule has 0 atom stereocenters. The standard InChI is InChI=1S/C27H36F2N4O3/c1-18(2)30-9-7-21(8-10-30)36-22-5-6-23-20(15-22)16-24(33(23)17-25(28)29)27(35)32-13-11-31(12-14-32)26(34)19-3-4-19/h5-6,15-16,18-19,21,25H,3-4,7-14,17H2,1-2H3. The number of alkyl halides is 2. The van der Waals surface area contributed by atoms with Crippen LogP contribution in [-0.2, 0) is 11.3 Å². The van der Waals surface area contributed by atoms with Gasteiger partial charge in [-0.15, -0.1) is 0 Å². The zero-order valence-electron chi connectivity index (χ0n) is 21.2. The molecule has 2 aliphatic heterocycles. The minimum atomic E-state index is -2.58. The Kier molecular flexibility index (Phi) is 7.19. The minimum Gasteiger partial charge on any atom is -0.490 e. The molecule has 9 heteroatoms. The Hall–Kier alpha value is -2.68. The maximum Gasteiger partial charge on any atom is 0.270 e. The van der Waals surface area contributed by atoms with Crippen LogP contribution in [0.25, 0.3) is 10.9 Å². The molecule has 1 aromatic heterocycles. The SMILES string of the molecule is CC(C)N1CCC(Oc2ccc3c(c2)cc(C(=O)N2CCN(C(=O)C4CC4)CC2)n3CC(F)F)CC1. The van der Waals surface area contributed by atoms with Crippen molar-refractivity contribution in [3.63, 3.8) is 0 Å². The quantitative estimate of drug-likeness (QED) is 0.577. The first kappa shape index (κ1) is 25.0. The van der Waals surface area contributed by atoms with E-state index >= 15 is 0 Å². The third kappa shape index (κ3) is 5.36. The van der Waals surface area contributed by atoms with E-state index in [2.05, 4.69) is 18.7 Å². The van der Waals surface area contributed by atoms with Crippen LogP contribution in [0.4, 0.5) is 8.78 Å². The molecule has 0 radical (unpaired) electrons. The summed E-state index contributed by atoms with van der Waals surface area (Å²) in [5.41, 5.74) is 0.859. The third-order valence-corrected chi connectivity index (χ3v) is 7.73. The van der Waals surface area contributed by atoms with Crippen LogP contribution < -0.4 is 4.74 Å². The van der Waals surface area contributed by atoms with Gasteiger partial charge in [-0.3, -0.25) is 9.59 Å². The topological polar surface area (TPSA) is 58.0 Å². The zero-order valence-corrected chi connectivity index (χ0v) is 21.2. The smallest absolute Gasteiger partial charge is 0.270 e. The largest absolute Gasteiger partial charge is 0.490 e. The summed E-state index contributed by atoms with van der Waals surface area (Å²) in [4.78, 5) is 31.7. The molecule has 196 valence electrons. The number of benzene rings is 1. The van der Waals surface area contributed by atoms with Gasteiger partial charge in [0.15, 0.2) is 0 Å². The lowest BCUT2D eigenvalue weighted by Crippen LogP contribution is -2.51. The van der Waals surface area contributed by atoms with E-state index in [1.54, 1.807) is 17.0 Å². The van der Waals surface area contributed by atoms with Crippen LogP contribution in [0.1, 0.15) is 50.0 Å². The summed E-state index contributed by atoms with van der Waals surface area (Å²) >= 11 is 0. The molecule has 3 aliphatic rings. The zero-order chi connectivity index (χ0) is 25.4. The summed E-state index contributed by atoms with van der Waals surface area (Å²) in [6, 6.07) is 7.68. The van der Waals surface area contributed by atoms with E-state index in [9.17, 15) is 18.4 Å². The van der Waals surface area contributed by atoms with Gasteiger partial charge < -0.3 is 24.0 Å². The normalized spacial score (nSPS) is 20.1. The molecule has 5 rings (SSSR count). The predicted octanol–water partition coefficient (Wildman–Crippen LogP) is 3.85. The molecule has 1 aromatic carbocycles. The number of fused-ring (bicyclic) bond motifs is 1. The van der Waals surface area contributed by atoms with E-state index in [1.165, 1.54) is 4.57 Å². The highest BCUT2D eigenvalue weighted by Crippen LogP contribution is 2.32. The van der Waals surface area contributed by atoms with Crippen LogP contribution in [0.3, 0.4) is 0 Å². The van der Waals surface area contributed by atoms with Gasteiger partial charge >= 0.3 is 0 Å².